The molecule has 0 fully saturated rings. The van der Waals surface area contributed by atoms with Gasteiger partial charge >= 0.3 is 0 Å². The van der Waals surface area contributed by atoms with Crippen LogP contribution < -0.4 is 5.32 Å². The van der Waals surface area contributed by atoms with Crippen LogP contribution in [0.15, 0.2) is 78.1 Å². The lowest BCUT2D eigenvalue weighted by molar-refractivity contribution is -0.384. The predicted octanol–water partition coefficient (Wildman–Crippen LogP) is 6.02. The van der Waals surface area contributed by atoms with E-state index in [9.17, 15) is 14.9 Å². The molecule has 0 radical (unpaired) electrons. The molecule has 180 valence electrons. The van der Waals surface area contributed by atoms with Crippen molar-refractivity contribution in [3.63, 3.8) is 0 Å². The molecule has 0 bridgehead atoms. The molecule has 3 aromatic carbocycles. The van der Waals surface area contributed by atoms with E-state index in [0.717, 1.165) is 27.7 Å². The number of rotatable bonds is 7. The molecule has 5 rings (SSSR count). The first-order valence-electron chi connectivity index (χ1n) is 10.9. The molecule has 5 aromatic rings. The number of fused-ring (bicyclic) bond motifs is 1. The van der Waals surface area contributed by atoms with Crippen molar-refractivity contribution in [2.75, 3.05) is 11.1 Å². The first-order chi connectivity index (χ1) is 17.4. The van der Waals surface area contributed by atoms with E-state index in [2.05, 4.69) is 20.5 Å². The highest BCUT2D eigenvalue weighted by Gasteiger charge is 2.20. The van der Waals surface area contributed by atoms with Crippen LogP contribution in [0, 0.1) is 17.0 Å². The summed E-state index contributed by atoms with van der Waals surface area (Å²) in [6.07, 6.45) is 1.90. The lowest BCUT2D eigenvalue weighted by Crippen LogP contribution is -2.15. The number of thioether (sulfide) groups is 1. The molecule has 0 atom stereocenters. The maximum atomic E-state index is 12.7. The van der Waals surface area contributed by atoms with Crippen LogP contribution in [0.25, 0.3) is 28.0 Å². The number of carbonyl (C=O) groups excluding carboxylic acids is 1. The molecule has 9 nitrogen and oxygen atoms in total. The van der Waals surface area contributed by atoms with Gasteiger partial charge in [-0.3, -0.25) is 19.5 Å². The highest BCUT2D eigenvalue weighted by atomic mass is 35.5. The monoisotopic (exact) mass is 518 g/mol. The van der Waals surface area contributed by atoms with Gasteiger partial charge in [0, 0.05) is 40.5 Å². The number of anilines is 1. The van der Waals surface area contributed by atoms with Crippen molar-refractivity contribution in [3.8, 4) is 17.1 Å². The van der Waals surface area contributed by atoms with Gasteiger partial charge in [-0.1, -0.05) is 53.7 Å². The van der Waals surface area contributed by atoms with Crippen LogP contribution in [-0.2, 0) is 4.79 Å². The van der Waals surface area contributed by atoms with Crippen LogP contribution in [0.4, 0.5) is 11.4 Å². The number of H-pyrrole nitrogens is 1. The summed E-state index contributed by atoms with van der Waals surface area (Å²) in [5, 5.41) is 24.3. The number of hydrogen-bond donors (Lipinski definition) is 2. The number of nitro groups is 1. The summed E-state index contributed by atoms with van der Waals surface area (Å²) in [7, 11) is 0. The summed E-state index contributed by atoms with van der Waals surface area (Å²) in [5.74, 6) is 0.258. The summed E-state index contributed by atoms with van der Waals surface area (Å²) in [6, 6.07) is 19.8. The Hall–Kier alpha value is -4.15. The second-order valence-corrected chi connectivity index (χ2v) is 9.34. The second-order valence-electron chi connectivity index (χ2n) is 7.99. The van der Waals surface area contributed by atoms with Crippen LogP contribution in [0.2, 0.25) is 5.02 Å². The number of para-hydroxylation sites is 1. The van der Waals surface area contributed by atoms with Crippen LogP contribution in [0.5, 0.6) is 0 Å². The average Bonchev–Trinajstić information content (AvgIpc) is 3.48. The van der Waals surface area contributed by atoms with Crippen molar-refractivity contribution in [1.29, 1.82) is 0 Å². The second kappa shape index (κ2) is 9.84. The standard InChI is InChI=1S/C25H19ClN6O3S/c1-15-5-4-6-16(11-15)31-24(19-13-27-21-8-3-2-7-18(19)21)29-30-25(31)36-14-23(33)28-22-12-17(32(34)35)9-10-20(22)26/h2-13,27H,14H2,1H3,(H,28,33). The van der Waals surface area contributed by atoms with E-state index in [1.165, 1.54) is 30.0 Å². The van der Waals surface area contributed by atoms with E-state index < -0.39 is 4.92 Å². The van der Waals surface area contributed by atoms with Gasteiger partial charge in [-0.15, -0.1) is 10.2 Å². The normalized spacial score (nSPS) is 11.1. The largest absolute Gasteiger partial charge is 0.360 e. The molecule has 0 saturated heterocycles. The van der Waals surface area contributed by atoms with Gasteiger partial charge in [-0.25, -0.2) is 0 Å². The quantitative estimate of drug-likeness (QED) is 0.154. The maximum Gasteiger partial charge on any atom is 0.271 e. The summed E-state index contributed by atoms with van der Waals surface area (Å²) in [5.41, 5.74) is 3.82. The molecule has 11 heteroatoms. The van der Waals surface area contributed by atoms with Gasteiger partial charge < -0.3 is 10.3 Å². The van der Waals surface area contributed by atoms with Crippen LogP contribution >= 0.6 is 23.4 Å². The number of carbonyl (C=O) groups is 1. The fourth-order valence-electron chi connectivity index (χ4n) is 3.83. The Morgan fingerprint density at radius 3 is 2.78 bits per heavy atom. The molecule has 1 amide bonds. The van der Waals surface area contributed by atoms with Gasteiger partial charge in [-0.05, 0) is 36.8 Å². The number of aromatic amines is 1. The Morgan fingerprint density at radius 1 is 1.14 bits per heavy atom. The first-order valence-corrected chi connectivity index (χ1v) is 12.2. The molecular weight excluding hydrogens is 500 g/mol. The zero-order chi connectivity index (χ0) is 25.2. The van der Waals surface area contributed by atoms with Crippen molar-refractivity contribution >= 4 is 51.5 Å². The number of amides is 1. The number of aromatic nitrogens is 4. The van der Waals surface area contributed by atoms with Crippen molar-refractivity contribution in [2.24, 2.45) is 0 Å². The number of nitrogens with one attached hydrogen (secondary N) is 2. The number of benzene rings is 3. The molecule has 0 unspecified atom stereocenters. The number of nitrogens with zero attached hydrogens (tertiary/aromatic N) is 4. The molecule has 0 spiro atoms. The minimum atomic E-state index is -0.544. The van der Waals surface area contributed by atoms with E-state index in [4.69, 9.17) is 11.6 Å². The first kappa shape index (κ1) is 23.6. The SMILES string of the molecule is Cc1cccc(-n2c(SCC(=O)Nc3cc([N+](=O)[O-])ccc3Cl)nnc2-c2c[nH]c3ccccc23)c1. The van der Waals surface area contributed by atoms with Crippen LogP contribution in [-0.4, -0.2) is 36.3 Å². The van der Waals surface area contributed by atoms with Crippen LogP contribution in [0.1, 0.15) is 5.56 Å². The van der Waals surface area contributed by atoms with E-state index in [1.54, 1.807) is 0 Å². The molecule has 2 heterocycles. The Labute approximate surface area is 214 Å². The number of non-ortho nitro benzene ring substituents is 1. The zero-order valence-electron chi connectivity index (χ0n) is 18.9. The van der Waals surface area contributed by atoms with E-state index in [0.29, 0.717) is 11.0 Å². The van der Waals surface area contributed by atoms with E-state index in [1.807, 2.05) is 66.2 Å². The fourth-order valence-corrected chi connectivity index (χ4v) is 4.75. The van der Waals surface area contributed by atoms with Crippen molar-refractivity contribution < 1.29 is 9.72 Å². The molecule has 0 saturated carbocycles. The Morgan fingerprint density at radius 2 is 1.97 bits per heavy atom. The maximum absolute atomic E-state index is 12.7. The van der Waals surface area contributed by atoms with Crippen molar-refractivity contribution in [1.82, 2.24) is 19.7 Å². The van der Waals surface area contributed by atoms with Gasteiger partial charge in [0.2, 0.25) is 5.91 Å². The van der Waals surface area contributed by atoms with Gasteiger partial charge in [-0.2, -0.15) is 0 Å². The van der Waals surface area contributed by atoms with Crippen LogP contribution in [0.3, 0.4) is 0 Å². The molecule has 36 heavy (non-hydrogen) atoms. The highest BCUT2D eigenvalue weighted by molar-refractivity contribution is 7.99. The number of hydrogen-bond acceptors (Lipinski definition) is 6. The molecule has 2 aromatic heterocycles. The summed E-state index contributed by atoms with van der Waals surface area (Å²) >= 11 is 7.32. The Balaban J connectivity index is 1.45. The van der Waals surface area contributed by atoms with Gasteiger partial charge in [0.25, 0.3) is 5.69 Å². The average molecular weight is 519 g/mol. The minimum absolute atomic E-state index is 0.00312. The Kier molecular flexibility index (Phi) is 6.45. The summed E-state index contributed by atoms with van der Waals surface area (Å²) in [4.78, 5) is 26.5. The Bertz CT molecular complexity index is 1610. The number of aryl methyl sites for hydroxylation is 1. The smallest absolute Gasteiger partial charge is 0.271 e. The van der Waals surface area contributed by atoms with Gasteiger partial charge in [0.1, 0.15) is 0 Å². The highest BCUT2D eigenvalue weighted by Crippen LogP contribution is 2.33. The predicted molar refractivity (Wildman–Crippen MR) is 141 cm³/mol. The third kappa shape index (κ3) is 4.68. The topological polar surface area (TPSA) is 119 Å². The third-order valence-corrected chi connectivity index (χ3v) is 6.75. The number of halogens is 1. The van der Waals surface area contributed by atoms with Crippen molar-refractivity contribution in [2.45, 2.75) is 12.1 Å². The fraction of sp³-hybridized carbons (Fsp3) is 0.0800. The lowest BCUT2D eigenvalue weighted by atomic mass is 10.1. The summed E-state index contributed by atoms with van der Waals surface area (Å²) in [6.45, 7) is 2.00. The van der Waals surface area contributed by atoms with E-state index in [-0.39, 0.29) is 28.1 Å². The molecule has 2 N–H and O–H groups in total. The van der Waals surface area contributed by atoms with Gasteiger partial charge in [0.15, 0.2) is 11.0 Å². The summed E-state index contributed by atoms with van der Waals surface area (Å²) < 4.78 is 1.92. The molecule has 0 aliphatic heterocycles. The van der Waals surface area contributed by atoms with E-state index >= 15 is 0 Å². The number of nitro benzene ring substituents is 1. The molecular formula is C25H19ClN6O3S. The van der Waals surface area contributed by atoms with Crippen molar-refractivity contribution in [3.05, 3.63) is 93.6 Å². The lowest BCUT2D eigenvalue weighted by Gasteiger charge is -2.11. The molecule has 0 aliphatic rings. The molecule has 0 aliphatic carbocycles. The third-order valence-electron chi connectivity index (χ3n) is 5.49. The zero-order valence-corrected chi connectivity index (χ0v) is 20.5. The van der Waals surface area contributed by atoms with Gasteiger partial charge in [0.05, 0.1) is 21.4 Å². The minimum Gasteiger partial charge on any atom is -0.360 e.